The number of aliphatic hydroxyl groups is 2. The summed E-state index contributed by atoms with van der Waals surface area (Å²) in [6, 6.07) is 1.93. The van der Waals surface area contributed by atoms with Crippen LogP contribution in [0, 0.1) is 0 Å². The molecule has 2 N–H and O–H groups in total. The van der Waals surface area contributed by atoms with Gasteiger partial charge in [-0.05, 0) is 18.5 Å². The zero-order valence-electron chi connectivity index (χ0n) is 8.72. The van der Waals surface area contributed by atoms with Gasteiger partial charge in [0.05, 0.1) is 13.2 Å². The van der Waals surface area contributed by atoms with Gasteiger partial charge in [0.15, 0.2) is 15.1 Å². The van der Waals surface area contributed by atoms with Crippen molar-refractivity contribution in [1.82, 2.24) is 0 Å². The van der Waals surface area contributed by atoms with Crippen LogP contribution in [0.1, 0.15) is 12.8 Å². The molecule has 88 valence electrons. The molecule has 1 aliphatic rings. The normalized spacial score (nSPS) is 23.5. The quantitative estimate of drug-likeness (QED) is 0.491. The zero-order chi connectivity index (χ0) is 11.1. The predicted molar refractivity (Wildman–Crippen MR) is 56.0 cm³/mol. The highest BCUT2D eigenvalue weighted by Crippen LogP contribution is 2.13. The van der Waals surface area contributed by atoms with Crippen molar-refractivity contribution >= 4 is 15.0 Å². The molecule has 1 saturated heterocycles. The number of hydrogen-bond donors (Lipinski definition) is 2. The van der Waals surface area contributed by atoms with Crippen LogP contribution in [0.25, 0.3) is 0 Å². The second-order valence-corrected chi connectivity index (χ2v) is 6.38. The molecule has 5 nitrogen and oxygen atoms in total. The first kappa shape index (κ1) is 12.6. The minimum Gasteiger partial charge on any atom is -0.464 e. The van der Waals surface area contributed by atoms with Crippen molar-refractivity contribution < 1.29 is 24.2 Å². The molecular formula is C9H18O5Si. The topological polar surface area (TPSA) is 76.0 Å². The summed E-state index contributed by atoms with van der Waals surface area (Å²) in [6.45, 7) is 0.549. The molecule has 0 bridgehead atoms. The Labute approximate surface area is 90.7 Å². The summed E-state index contributed by atoms with van der Waals surface area (Å²) in [5, 5.41) is 17.4. The fraction of sp³-hybridized carbons (Fsp3) is 0.889. The van der Waals surface area contributed by atoms with Crippen molar-refractivity contribution in [3.05, 3.63) is 0 Å². The van der Waals surface area contributed by atoms with E-state index in [2.05, 4.69) is 0 Å². The smallest absolute Gasteiger partial charge is 0.337 e. The predicted octanol–water partition coefficient (Wildman–Crippen LogP) is -0.583. The van der Waals surface area contributed by atoms with E-state index in [9.17, 15) is 4.79 Å². The van der Waals surface area contributed by atoms with Gasteiger partial charge in [-0.3, -0.25) is 0 Å². The lowest BCUT2D eigenvalue weighted by molar-refractivity contribution is -0.154. The summed E-state index contributed by atoms with van der Waals surface area (Å²) in [5.74, 6) is -0.748. The summed E-state index contributed by atoms with van der Waals surface area (Å²) in [5.41, 5.74) is 0. The SMILES string of the molecule is O=C(OCC[SiH]1CCCCO1)C(O)CO. The highest BCUT2D eigenvalue weighted by molar-refractivity contribution is 6.52. The van der Waals surface area contributed by atoms with Crippen LogP contribution in [0.5, 0.6) is 0 Å². The lowest BCUT2D eigenvalue weighted by Gasteiger charge is -2.20. The van der Waals surface area contributed by atoms with Gasteiger partial charge in [-0.25, -0.2) is 4.79 Å². The Balaban J connectivity index is 2.07. The molecule has 2 atom stereocenters. The van der Waals surface area contributed by atoms with Crippen LogP contribution in [0.4, 0.5) is 0 Å². The van der Waals surface area contributed by atoms with Crippen molar-refractivity contribution in [3.63, 3.8) is 0 Å². The summed E-state index contributed by atoms with van der Waals surface area (Å²) in [7, 11) is -1.15. The van der Waals surface area contributed by atoms with Crippen LogP contribution < -0.4 is 0 Å². The first-order chi connectivity index (χ1) is 7.24. The second kappa shape index (κ2) is 6.94. The fourth-order valence-electron chi connectivity index (χ4n) is 1.50. The van der Waals surface area contributed by atoms with E-state index in [1.807, 2.05) is 0 Å². The largest absolute Gasteiger partial charge is 0.464 e. The molecule has 2 unspecified atom stereocenters. The molecule has 0 aromatic heterocycles. The maximum absolute atomic E-state index is 11.0. The van der Waals surface area contributed by atoms with E-state index in [0.717, 1.165) is 25.1 Å². The standard InChI is InChI=1S/C9H18O5Si/c10-7-8(11)9(12)13-4-6-15-5-2-1-3-14-15/h8,10-11,15H,1-7H2. The Morgan fingerprint density at radius 3 is 2.93 bits per heavy atom. The van der Waals surface area contributed by atoms with Crippen LogP contribution in [0.2, 0.25) is 12.1 Å². The van der Waals surface area contributed by atoms with Crippen molar-refractivity contribution in [2.45, 2.75) is 31.0 Å². The van der Waals surface area contributed by atoms with Gasteiger partial charge in [0, 0.05) is 6.61 Å². The highest BCUT2D eigenvalue weighted by Gasteiger charge is 2.19. The van der Waals surface area contributed by atoms with Crippen LogP contribution in [0.3, 0.4) is 0 Å². The maximum Gasteiger partial charge on any atom is 0.337 e. The van der Waals surface area contributed by atoms with Gasteiger partial charge in [0.1, 0.15) is 0 Å². The number of carbonyl (C=O) groups is 1. The van der Waals surface area contributed by atoms with Crippen molar-refractivity contribution in [2.75, 3.05) is 19.8 Å². The van der Waals surface area contributed by atoms with E-state index in [1.54, 1.807) is 0 Å². The molecule has 0 saturated carbocycles. The molecule has 1 rings (SSSR count). The third kappa shape index (κ3) is 4.74. The van der Waals surface area contributed by atoms with Crippen LogP contribution >= 0.6 is 0 Å². The van der Waals surface area contributed by atoms with E-state index >= 15 is 0 Å². The van der Waals surface area contributed by atoms with Gasteiger partial charge in [0.2, 0.25) is 0 Å². The molecule has 6 heteroatoms. The molecule has 0 spiro atoms. The van der Waals surface area contributed by atoms with Crippen LogP contribution in [-0.4, -0.2) is 51.1 Å². The third-order valence-corrected chi connectivity index (χ3v) is 5.04. The van der Waals surface area contributed by atoms with E-state index in [1.165, 1.54) is 6.42 Å². The van der Waals surface area contributed by atoms with Gasteiger partial charge in [-0.15, -0.1) is 0 Å². The highest BCUT2D eigenvalue weighted by atomic mass is 28.3. The molecular weight excluding hydrogens is 216 g/mol. The van der Waals surface area contributed by atoms with Gasteiger partial charge >= 0.3 is 5.97 Å². The number of rotatable bonds is 5. The lowest BCUT2D eigenvalue weighted by Crippen LogP contribution is -2.29. The molecule has 15 heavy (non-hydrogen) atoms. The van der Waals surface area contributed by atoms with Crippen molar-refractivity contribution in [1.29, 1.82) is 0 Å². The average Bonchev–Trinajstić information content (AvgIpc) is 2.29. The number of ether oxygens (including phenoxy) is 1. The monoisotopic (exact) mass is 234 g/mol. The second-order valence-electron chi connectivity index (χ2n) is 3.64. The molecule has 0 aromatic carbocycles. The maximum atomic E-state index is 11.0. The average molecular weight is 234 g/mol. The number of esters is 1. The van der Waals surface area contributed by atoms with Gasteiger partial charge in [0.25, 0.3) is 0 Å². The fourth-order valence-corrected chi connectivity index (χ4v) is 3.74. The van der Waals surface area contributed by atoms with Gasteiger partial charge < -0.3 is 19.4 Å². The number of aliphatic hydroxyl groups excluding tert-OH is 2. The summed E-state index contributed by atoms with van der Waals surface area (Å²) >= 11 is 0. The summed E-state index contributed by atoms with van der Waals surface area (Å²) in [6.07, 6.45) is 0.940. The van der Waals surface area contributed by atoms with Gasteiger partial charge in [-0.1, -0.05) is 6.42 Å². The first-order valence-corrected chi connectivity index (χ1v) is 7.41. The Morgan fingerprint density at radius 1 is 1.53 bits per heavy atom. The molecule has 0 amide bonds. The lowest BCUT2D eigenvalue weighted by atomic mass is 10.4. The Morgan fingerprint density at radius 2 is 2.33 bits per heavy atom. The first-order valence-electron chi connectivity index (χ1n) is 5.31. The van der Waals surface area contributed by atoms with Crippen molar-refractivity contribution in [3.8, 4) is 0 Å². The minimum absolute atomic E-state index is 0.298. The minimum atomic E-state index is -1.40. The van der Waals surface area contributed by atoms with Crippen LogP contribution in [0.15, 0.2) is 0 Å². The van der Waals surface area contributed by atoms with E-state index in [0.29, 0.717) is 6.61 Å². The molecule has 1 fully saturated rings. The summed E-state index contributed by atoms with van der Waals surface area (Å²) in [4.78, 5) is 11.0. The zero-order valence-corrected chi connectivity index (χ0v) is 9.88. The Hall–Kier alpha value is -0.433. The number of carbonyl (C=O) groups excluding carboxylic acids is 1. The molecule has 0 radical (unpaired) electrons. The Kier molecular flexibility index (Phi) is 5.85. The molecule has 1 aliphatic heterocycles. The summed E-state index contributed by atoms with van der Waals surface area (Å²) < 4.78 is 10.4. The van der Waals surface area contributed by atoms with E-state index in [4.69, 9.17) is 19.4 Å². The van der Waals surface area contributed by atoms with E-state index < -0.39 is 27.7 Å². The van der Waals surface area contributed by atoms with E-state index in [-0.39, 0.29) is 0 Å². The molecule has 0 aliphatic carbocycles. The Bertz CT molecular complexity index is 193. The van der Waals surface area contributed by atoms with Crippen molar-refractivity contribution in [2.24, 2.45) is 0 Å². The third-order valence-electron chi connectivity index (χ3n) is 2.40. The molecule has 0 aromatic rings. The number of hydrogen-bond acceptors (Lipinski definition) is 5. The van der Waals surface area contributed by atoms with Gasteiger partial charge in [-0.2, -0.15) is 0 Å². The molecule has 1 heterocycles. The van der Waals surface area contributed by atoms with Crippen LogP contribution in [-0.2, 0) is 14.0 Å².